The van der Waals surface area contributed by atoms with Crippen LogP contribution < -0.4 is 17.2 Å². The Balaban J connectivity index is 2.50. The number of nitrogen functional groups attached to an aromatic ring is 1. The topological polar surface area (TPSA) is 154 Å². The van der Waals surface area contributed by atoms with Gasteiger partial charge in [0.25, 0.3) is 5.91 Å². The summed E-state index contributed by atoms with van der Waals surface area (Å²) in [5.74, 6) is -1.29. The highest BCUT2D eigenvalue weighted by Crippen LogP contribution is 2.32. The number of rotatable bonds is 3. The summed E-state index contributed by atoms with van der Waals surface area (Å²) < 4.78 is 18.7. The first kappa shape index (κ1) is 15.1. The van der Waals surface area contributed by atoms with Gasteiger partial charge in [0.05, 0.1) is 18.5 Å². The van der Waals surface area contributed by atoms with Gasteiger partial charge in [-0.2, -0.15) is 4.98 Å². The number of aliphatic hydroxyl groups excluding tert-OH is 2. The molecule has 10 heteroatoms. The number of halogens is 1. The molecule has 1 aromatic heterocycles. The number of hydrogen-bond acceptors (Lipinski definition) is 7. The minimum Gasteiger partial charge on any atom is -0.393 e. The molecule has 3 unspecified atom stereocenters. The molecule has 2 heterocycles. The van der Waals surface area contributed by atoms with E-state index in [1.165, 1.54) is 0 Å². The SMILES string of the molecule is NC(=O)c1cn(C2OC(CO)/C(=C/F)C2O)c(=O)nc1N. The van der Waals surface area contributed by atoms with Gasteiger partial charge in [-0.05, 0) is 0 Å². The first-order valence-corrected chi connectivity index (χ1v) is 5.83. The molecular weight excluding hydrogens is 287 g/mol. The van der Waals surface area contributed by atoms with Crippen LogP contribution in [0.4, 0.5) is 10.2 Å². The summed E-state index contributed by atoms with van der Waals surface area (Å²) in [5.41, 5.74) is 9.08. The average Bonchev–Trinajstić information content (AvgIpc) is 2.74. The molecule has 1 amide bonds. The van der Waals surface area contributed by atoms with Crippen LogP contribution in [0.2, 0.25) is 0 Å². The number of anilines is 1. The first-order chi connectivity index (χ1) is 9.90. The molecule has 1 aliphatic heterocycles. The van der Waals surface area contributed by atoms with Gasteiger partial charge in [0, 0.05) is 11.8 Å². The van der Waals surface area contributed by atoms with Crippen molar-refractivity contribution in [3.8, 4) is 0 Å². The lowest BCUT2D eigenvalue weighted by Crippen LogP contribution is -2.34. The molecular formula is C11H13FN4O5. The predicted octanol–water partition coefficient (Wildman–Crippen LogP) is -1.97. The van der Waals surface area contributed by atoms with Crippen LogP contribution in [0.15, 0.2) is 22.9 Å². The summed E-state index contributed by atoms with van der Waals surface area (Å²) in [6, 6.07) is 0. The van der Waals surface area contributed by atoms with Gasteiger partial charge in [-0.15, -0.1) is 0 Å². The molecule has 3 atom stereocenters. The van der Waals surface area contributed by atoms with Gasteiger partial charge in [-0.3, -0.25) is 9.36 Å². The molecule has 0 bridgehead atoms. The second-order valence-corrected chi connectivity index (χ2v) is 4.35. The minimum absolute atomic E-state index is 0.0936. The number of hydrogen-bond donors (Lipinski definition) is 4. The Labute approximate surface area is 117 Å². The maximum atomic E-state index is 12.7. The lowest BCUT2D eigenvalue weighted by molar-refractivity contribution is -0.0527. The van der Waals surface area contributed by atoms with E-state index >= 15 is 0 Å². The van der Waals surface area contributed by atoms with E-state index in [0.717, 1.165) is 10.8 Å². The average molecular weight is 300 g/mol. The number of nitrogens with zero attached hydrogens (tertiary/aromatic N) is 2. The number of ether oxygens (including phenoxy) is 1. The molecule has 114 valence electrons. The third-order valence-corrected chi connectivity index (χ3v) is 3.10. The third kappa shape index (κ3) is 2.51. The van der Waals surface area contributed by atoms with E-state index in [-0.39, 0.29) is 23.3 Å². The Morgan fingerprint density at radius 1 is 1.62 bits per heavy atom. The van der Waals surface area contributed by atoms with Crippen molar-refractivity contribution in [2.45, 2.75) is 18.4 Å². The highest BCUT2D eigenvalue weighted by Gasteiger charge is 2.40. The van der Waals surface area contributed by atoms with Crippen LogP contribution in [0.25, 0.3) is 0 Å². The van der Waals surface area contributed by atoms with E-state index in [0.29, 0.717) is 0 Å². The van der Waals surface area contributed by atoms with Crippen molar-refractivity contribution in [3.05, 3.63) is 34.1 Å². The van der Waals surface area contributed by atoms with Crippen LogP contribution in [0.1, 0.15) is 16.6 Å². The molecule has 0 spiro atoms. The lowest BCUT2D eigenvalue weighted by Gasteiger charge is -2.17. The second kappa shape index (κ2) is 5.60. The van der Waals surface area contributed by atoms with Crippen LogP contribution in [0.5, 0.6) is 0 Å². The molecule has 0 saturated carbocycles. The third-order valence-electron chi connectivity index (χ3n) is 3.10. The van der Waals surface area contributed by atoms with Gasteiger partial charge in [-0.1, -0.05) is 0 Å². The van der Waals surface area contributed by atoms with E-state index in [9.17, 15) is 19.1 Å². The van der Waals surface area contributed by atoms with Crippen LogP contribution >= 0.6 is 0 Å². The molecule has 2 rings (SSSR count). The summed E-state index contributed by atoms with van der Waals surface area (Å²) in [7, 11) is 0. The van der Waals surface area contributed by atoms with Crippen molar-refractivity contribution in [2.24, 2.45) is 5.73 Å². The van der Waals surface area contributed by atoms with Crippen LogP contribution in [0, 0.1) is 0 Å². The van der Waals surface area contributed by atoms with Gasteiger partial charge in [-0.25, -0.2) is 9.18 Å². The van der Waals surface area contributed by atoms with Crippen molar-refractivity contribution in [1.82, 2.24) is 9.55 Å². The number of amides is 1. The highest BCUT2D eigenvalue weighted by atomic mass is 19.1. The Morgan fingerprint density at radius 2 is 2.29 bits per heavy atom. The molecule has 6 N–H and O–H groups in total. The number of aromatic nitrogens is 2. The standard InChI is InChI=1S/C11H13FN4O5/c12-1-4-6(3-17)21-10(7(4)18)16-2-5(9(14)19)8(13)15-11(16)20/h1-2,6-7,10,17-18H,3H2,(H2,14,19)(H2,13,15,20)/b4-1-. The fourth-order valence-electron chi connectivity index (χ4n) is 2.03. The predicted molar refractivity (Wildman–Crippen MR) is 67.6 cm³/mol. The van der Waals surface area contributed by atoms with Crippen molar-refractivity contribution in [3.63, 3.8) is 0 Å². The molecule has 0 aromatic carbocycles. The van der Waals surface area contributed by atoms with Crippen LogP contribution in [0.3, 0.4) is 0 Å². The van der Waals surface area contributed by atoms with E-state index in [1.54, 1.807) is 0 Å². The summed E-state index contributed by atoms with van der Waals surface area (Å²) >= 11 is 0. The fourth-order valence-corrected chi connectivity index (χ4v) is 2.03. The van der Waals surface area contributed by atoms with E-state index in [1.807, 2.05) is 0 Å². The van der Waals surface area contributed by atoms with Crippen molar-refractivity contribution < 1.29 is 24.1 Å². The van der Waals surface area contributed by atoms with E-state index in [4.69, 9.17) is 21.3 Å². The Bertz CT molecular complexity index is 659. The Hall–Kier alpha value is -2.30. The summed E-state index contributed by atoms with van der Waals surface area (Å²) in [6.45, 7) is -0.594. The van der Waals surface area contributed by atoms with E-state index in [2.05, 4.69) is 4.98 Å². The maximum Gasteiger partial charge on any atom is 0.351 e. The van der Waals surface area contributed by atoms with Gasteiger partial charge in [0.1, 0.15) is 18.0 Å². The monoisotopic (exact) mass is 300 g/mol. The van der Waals surface area contributed by atoms with Crippen molar-refractivity contribution in [1.29, 1.82) is 0 Å². The molecule has 21 heavy (non-hydrogen) atoms. The number of aliphatic hydroxyl groups is 2. The molecule has 1 aromatic rings. The van der Waals surface area contributed by atoms with Gasteiger partial charge >= 0.3 is 5.69 Å². The number of nitrogens with two attached hydrogens (primary N) is 2. The summed E-state index contributed by atoms with van der Waals surface area (Å²) in [5, 5.41) is 19.0. The number of primary amides is 1. The van der Waals surface area contributed by atoms with Crippen LogP contribution in [-0.2, 0) is 4.74 Å². The number of carbonyl (C=O) groups is 1. The molecule has 1 fully saturated rings. The smallest absolute Gasteiger partial charge is 0.351 e. The van der Waals surface area contributed by atoms with Crippen molar-refractivity contribution >= 4 is 11.7 Å². The summed E-state index contributed by atoms with van der Waals surface area (Å²) in [6.07, 6.45) is -2.94. The first-order valence-electron chi connectivity index (χ1n) is 5.83. The molecule has 1 aliphatic rings. The minimum atomic E-state index is -1.53. The highest BCUT2D eigenvalue weighted by molar-refractivity contribution is 5.96. The fraction of sp³-hybridized carbons (Fsp3) is 0.364. The zero-order chi connectivity index (χ0) is 15.7. The largest absolute Gasteiger partial charge is 0.393 e. The molecule has 0 aliphatic carbocycles. The van der Waals surface area contributed by atoms with Crippen LogP contribution in [-0.4, -0.2) is 44.5 Å². The van der Waals surface area contributed by atoms with Gasteiger partial charge in [0.15, 0.2) is 6.23 Å². The lowest BCUT2D eigenvalue weighted by atomic mass is 10.1. The van der Waals surface area contributed by atoms with Gasteiger partial charge < -0.3 is 26.4 Å². The van der Waals surface area contributed by atoms with Gasteiger partial charge in [0.2, 0.25) is 0 Å². The normalized spacial score (nSPS) is 27.2. The number of carbonyl (C=O) groups excluding carboxylic acids is 1. The molecule has 1 saturated heterocycles. The van der Waals surface area contributed by atoms with Crippen molar-refractivity contribution in [2.75, 3.05) is 12.3 Å². The Kier molecular flexibility index (Phi) is 4.02. The quantitative estimate of drug-likeness (QED) is 0.504. The molecule has 0 radical (unpaired) electrons. The zero-order valence-corrected chi connectivity index (χ0v) is 10.6. The molecule has 9 nitrogen and oxygen atoms in total. The Morgan fingerprint density at radius 3 is 2.76 bits per heavy atom. The maximum absolute atomic E-state index is 12.7. The second-order valence-electron chi connectivity index (χ2n) is 4.35. The van der Waals surface area contributed by atoms with E-state index < -0.39 is 36.6 Å². The zero-order valence-electron chi connectivity index (χ0n) is 10.6. The summed E-state index contributed by atoms with van der Waals surface area (Å²) in [4.78, 5) is 26.4.